The Morgan fingerprint density at radius 1 is 0.931 bits per heavy atom. The van der Waals surface area contributed by atoms with E-state index in [1.807, 2.05) is 18.2 Å². The van der Waals surface area contributed by atoms with Gasteiger partial charge in [0.25, 0.3) is 0 Å². The van der Waals surface area contributed by atoms with Gasteiger partial charge in [-0.2, -0.15) is 0 Å². The maximum atomic E-state index is 10.5. The molecule has 144 valence electrons. The maximum Gasteiger partial charge on any atom is 0.165 e. The molecule has 0 amide bonds. The molecule has 0 radical (unpaired) electrons. The molecule has 1 aliphatic heterocycles. The summed E-state index contributed by atoms with van der Waals surface area (Å²) in [5.41, 5.74) is 4.01. The van der Waals surface area contributed by atoms with E-state index in [1.54, 1.807) is 12.3 Å². The third-order valence-corrected chi connectivity index (χ3v) is 5.37. The van der Waals surface area contributed by atoms with Gasteiger partial charge in [-0.15, -0.1) is 0 Å². The van der Waals surface area contributed by atoms with Gasteiger partial charge in [-0.25, -0.2) is 0 Å². The van der Waals surface area contributed by atoms with Gasteiger partial charge in [0, 0.05) is 37.0 Å². The molecule has 0 atom stereocenters. The van der Waals surface area contributed by atoms with Gasteiger partial charge in [-0.3, -0.25) is 9.88 Å². The van der Waals surface area contributed by atoms with Crippen LogP contribution < -0.4 is 4.74 Å². The summed E-state index contributed by atoms with van der Waals surface area (Å²) in [6.45, 7) is 2.91. The Morgan fingerprint density at radius 3 is 2.66 bits per heavy atom. The molecule has 1 aliphatic rings. The number of phenols is 1. The molecule has 0 fully saturated rings. The molecule has 0 saturated heterocycles. The normalized spacial score (nSPS) is 14.2. The lowest BCUT2D eigenvalue weighted by Gasteiger charge is -2.20. The first kappa shape index (κ1) is 17.7. The van der Waals surface area contributed by atoms with Crippen molar-refractivity contribution in [1.82, 2.24) is 9.88 Å². The van der Waals surface area contributed by atoms with Gasteiger partial charge in [-0.1, -0.05) is 42.5 Å². The van der Waals surface area contributed by atoms with Gasteiger partial charge in [0.2, 0.25) is 0 Å². The fraction of sp³-hybridized carbons (Fsp3) is 0.160. The molecule has 0 bridgehead atoms. The lowest BCUT2D eigenvalue weighted by Crippen LogP contribution is -2.25. The van der Waals surface area contributed by atoms with E-state index in [9.17, 15) is 5.11 Å². The van der Waals surface area contributed by atoms with Crippen LogP contribution in [-0.4, -0.2) is 28.1 Å². The minimum absolute atomic E-state index is 0.177. The van der Waals surface area contributed by atoms with Crippen molar-refractivity contribution >= 4 is 10.8 Å². The first-order valence-electron chi connectivity index (χ1n) is 9.86. The Bertz CT molecular complexity index is 1160. The fourth-order valence-corrected chi connectivity index (χ4v) is 3.96. The Morgan fingerprint density at radius 2 is 1.79 bits per heavy atom. The van der Waals surface area contributed by atoms with E-state index in [0.717, 1.165) is 36.5 Å². The van der Waals surface area contributed by atoms with Crippen LogP contribution in [-0.2, 0) is 13.1 Å². The summed E-state index contributed by atoms with van der Waals surface area (Å²) in [5, 5.41) is 13.1. The predicted octanol–water partition coefficient (Wildman–Crippen LogP) is 5.00. The Labute approximate surface area is 170 Å². The standard InChI is InChI=1S/C25H22N2O2/c28-24-15-21(23-7-3-4-10-26-23)14-22-17-27(11-12-29-25(22)24)16-18-8-9-19-5-1-2-6-20(19)13-18/h1-10,13-15,28H,11-12,16-17H2. The molecular formula is C25H22N2O2. The number of nitrogens with zero attached hydrogens (tertiary/aromatic N) is 2. The zero-order valence-corrected chi connectivity index (χ0v) is 16.1. The molecule has 2 heterocycles. The van der Waals surface area contributed by atoms with Crippen molar-refractivity contribution in [2.45, 2.75) is 13.1 Å². The summed E-state index contributed by atoms with van der Waals surface area (Å²) < 4.78 is 5.90. The van der Waals surface area contributed by atoms with Crippen molar-refractivity contribution in [3.8, 4) is 22.8 Å². The minimum atomic E-state index is 0.177. The summed E-state index contributed by atoms with van der Waals surface area (Å²) in [4.78, 5) is 6.77. The minimum Gasteiger partial charge on any atom is -0.504 e. The van der Waals surface area contributed by atoms with E-state index in [1.165, 1.54) is 16.3 Å². The lowest BCUT2D eigenvalue weighted by atomic mass is 10.0. The van der Waals surface area contributed by atoms with Gasteiger partial charge in [-0.05, 0) is 46.7 Å². The van der Waals surface area contributed by atoms with Crippen molar-refractivity contribution in [3.05, 3.63) is 90.1 Å². The van der Waals surface area contributed by atoms with Gasteiger partial charge < -0.3 is 9.84 Å². The van der Waals surface area contributed by atoms with Crippen molar-refractivity contribution < 1.29 is 9.84 Å². The fourth-order valence-electron chi connectivity index (χ4n) is 3.96. The monoisotopic (exact) mass is 382 g/mol. The number of pyridine rings is 1. The van der Waals surface area contributed by atoms with E-state index >= 15 is 0 Å². The van der Waals surface area contributed by atoms with Gasteiger partial charge in [0.15, 0.2) is 11.5 Å². The van der Waals surface area contributed by atoms with Crippen LogP contribution in [0.4, 0.5) is 0 Å². The molecular weight excluding hydrogens is 360 g/mol. The summed E-state index contributed by atoms with van der Waals surface area (Å²) in [5.74, 6) is 0.765. The maximum absolute atomic E-state index is 10.5. The van der Waals surface area contributed by atoms with Crippen LogP contribution in [0.3, 0.4) is 0 Å². The number of fused-ring (bicyclic) bond motifs is 2. The molecule has 0 aliphatic carbocycles. The largest absolute Gasteiger partial charge is 0.504 e. The first-order chi connectivity index (χ1) is 14.3. The second-order valence-corrected chi connectivity index (χ2v) is 7.44. The van der Waals surface area contributed by atoms with E-state index in [2.05, 4.69) is 58.4 Å². The molecule has 4 aromatic rings. The summed E-state index contributed by atoms with van der Waals surface area (Å²) in [6, 6.07) is 24.7. The average Bonchev–Trinajstić information content (AvgIpc) is 2.96. The summed E-state index contributed by atoms with van der Waals surface area (Å²) >= 11 is 0. The molecule has 1 aromatic heterocycles. The van der Waals surface area contributed by atoms with Crippen molar-refractivity contribution in [2.75, 3.05) is 13.2 Å². The van der Waals surface area contributed by atoms with Crippen LogP contribution in [0.5, 0.6) is 11.5 Å². The van der Waals surface area contributed by atoms with Crippen LogP contribution >= 0.6 is 0 Å². The zero-order valence-electron chi connectivity index (χ0n) is 16.1. The number of hydrogen-bond donors (Lipinski definition) is 1. The number of aromatic hydroxyl groups is 1. The predicted molar refractivity (Wildman–Crippen MR) is 115 cm³/mol. The number of hydrogen-bond acceptors (Lipinski definition) is 4. The van der Waals surface area contributed by atoms with Gasteiger partial charge in [0.1, 0.15) is 6.61 Å². The number of phenolic OH excluding ortho intramolecular Hbond substituents is 1. The lowest BCUT2D eigenvalue weighted by molar-refractivity contribution is 0.217. The van der Waals surface area contributed by atoms with Crippen LogP contribution in [0.2, 0.25) is 0 Å². The van der Waals surface area contributed by atoms with Crippen LogP contribution in [0, 0.1) is 0 Å². The van der Waals surface area contributed by atoms with Crippen molar-refractivity contribution in [1.29, 1.82) is 0 Å². The number of benzene rings is 3. The molecule has 0 saturated carbocycles. The second-order valence-electron chi connectivity index (χ2n) is 7.44. The average molecular weight is 382 g/mol. The van der Waals surface area contributed by atoms with Crippen molar-refractivity contribution in [2.24, 2.45) is 0 Å². The Hall–Kier alpha value is -3.37. The quantitative estimate of drug-likeness (QED) is 0.541. The second kappa shape index (κ2) is 7.57. The van der Waals surface area contributed by atoms with Crippen LogP contribution in [0.15, 0.2) is 79.0 Å². The molecule has 29 heavy (non-hydrogen) atoms. The summed E-state index contributed by atoms with van der Waals surface area (Å²) in [6.07, 6.45) is 1.76. The van der Waals surface area contributed by atoms with E-state index in [-0.39, 0.29) is 5.75 Å². The summed E-state index contributed by atoms with van der Waals surface area (Å²) in [7, 11) is 0. The molecule has 4 nitrogen and oxygen atoms in total. The Balaban J connectivity index is 1.44. The topological polar surface area (TPSA) is 45.6 Å². The van der Waals surface area contributed by atoms with Gasteiger partial charge >= 0.3 is 0 Å². The van der Waals surface area contributed by atoms with Crippen molar-refractivity contribution in [3.63, 3.8) is 0 Å². The van der Waals surface area contributed by atoms with Crippen LogP contribution in [0.1, 0.15) is 11.1 Å². The van der Waals surface area contributed by atoms with Gasteiger partial charge in [0.05, 0.1) is 5.69 Å². The van der Waals surface area contributed by atoms with E-state index in [0.29, 0.717) is 12.4 Å². The highest BCUT2D eigenvalue weighted by molar-refractivity contribution is 5.83. The van der Waals surface area contributed by atoms with E-state index in [4.69, 9.17) is 4.74 Å². The zero-order chi connectivity index (χ0) is 19.6. The highest BCUT2D eigenvalue weighted by Gasteiger charge is 2.20. The highest BCUT2D eigenvalue weighted by atomic mass is 16.5. The Kier molecular flexibility index (Phi) is 4.62. The number of aromatic nitrogens is 1. The smallest absolute Gasteiger partial charge is 0.165 e. The SMILES string of the molecule is Oc1cc(-c2ccccn2)cc2c1OCCN(Cc1ccc3ccccc3c1)C2. The molecule has 3 aromatic carbocycles. The van der Waals surface area contributed by atoms with Crippen LogP contribution in [0.25, 0.3) is 22.0 Å². The number of rotatable bonds is 3. The van der Waals surface area contributed by atoms with E-state index < -0.39 is 0 Å². The number of ether oxygens (including phenoxy) is 1. The third kappa shape index (κ3) is 3.67. The third-order valence-electron chi connectivity index (χ3n) is 5.37. The molecule has 1 N–H and O–H groups in total. The molecule has 0 spiro atoms. The first-order valence-corrected chi connectivity index (χ1v) is 9.86. The molecule has 5 rings (SSSR count). The molecule has 4 heteroatoms. The highest BCUT2D eigenvalue weighted by Crippen LogP contribution is 2.37. The molecule has 0 unspecified atom stereocenters.